The van der Waals surface area contributed by atoms with Crippen molar-refractivity contribution >= 4 is 13.7 Å². The van der Waals surface area contributed by atoms with Crippen molar-refractivity contribution in [3.63, 3.8) is 0 Å². The minimum Gasteiger partial charge on any atom is -0.465 e. The summed E-state index contributed by atoms with van der Waals surface area (Å²) in [4.78, 5) is 9.85. The van der Waals surface area contributed by atoms with E-state index >= 15 is 0 Å². The Morgan fingerprint density at radius 2 is 1.14 bits per heavy atom. The number of rotatable bonds is 16. The molecule has 3 heteroatoms. The zero-order chi connectivity index (χ0) is 20.9. The van der Waals surface area contributed by atoms with E-state index in [1.165, 1.54) is 83.5 Å². The van der Waals surface area contributed by atoms with Gasteiger partial charge in [-0.1, -0.05) is 6.42 Å². The van der Waals surface area contributed by atoms with Gasteiger partial charge in [-0.3, -0.25) is 4.79 Å². The summed E-state index contributed by atoms with van der Waals surface area (Å²) in [5.74, 6) is 0. The van der Waals surface area contributed by atoms with E-state index in [2.05, 4.69) is 27.7 Å². The molecule has 0 atom stereocenters. The fourth-order valence-electron chi connectivity index (χ4n) is 4.61. The molecule has 1 saturated carbocycles. The minimum atomic E-state index is -0.908. The van der Waals surface area contributed by atoms with Gasteiger partial charge in [-0.25, -0.2) is 0 Å². The Morgan fingerprint density at radius 1 is 0.679 bits per heavy atom. The zero-order valence-electron chi connectivity index (χ0n) is 19.9. The van der Waals surface area contributed by atoms with Crippen molar-refractivity contribution in [1.82, 2.24) is 0 Å². The zero-order valence-corrected chi connectivity index (χ0v) is 20.9. The third kappa shape index (κ3) is 14.8. The van der Waals surface area contributed by atoms with Crippen LogP contribution in [-0.2, 0) is 9.53 Å². The second-order valence-electron chi connectivity index (χ2n) is 9.11. The van der Waals surface area contributed by atoms with Crippen LogP contribution in [0.25, 0.3) is 0 Å². The molecule has 1 fully saturated rings. The van der Waals surface area contributed by atoms with Crippen molar-refractivity contribution in [2.45, 2.75) is 130 Å². The molecule has 0 aromatic heterocycles. The van der Waals surface area contributed by atoms with Gasteiger partial charge in [0.25, 0.3) is 6.47 Å². The molecule has 28 heavy (non-hydrogen) atoms. The summed E-state index contributed by atoms with van der Waals surface area (Å²) in [6.45, 7) is 10.0. The molecule has 0 N–H and O–H groups in total. The molecule has 170 valence electrons. The summed E-state index contributed by atoms with van der Waals surface area (Å²) >= 11 is 0. The van der Waals surface area contributed by atoms with Gasteiger partial charge in [0.05, 0.1) is 0 Å². The minimum absolute atomic E-state index is 0.233. The molecule has 0 aliphatic heterocycles. The summed E-state index contributed by atoms with van der Waals surface area (Å²) in [5.41, 5.74) is 0. The van der Waals surface area contributed by atoms with Gasteiger partial charge in [0.1, 0.15) is 6.10 Å². The van der Waals surface area contributed by atoms with Gasteiger partial charge in [-0.15, -0.1) is 0 Å². The maximum Gasteiger partial charge on any atom is 0.293 e. The Balaban J connectivity index is 0.000000668. The van der Waals surface area contributed by atoms with Gasteiger partial charge in [0.2, 0.25) is 0 Å². The second-order valence-corrected chi connectivity index (χ2v) is 14.1. The maximum atomic E-state index is 9.85. The van der Waals surface area contributed by atoms with E-state index in [-0.39, 0.29) is 6.10 Å². The van der Waals surface area contributed by atoms with Crippen molar-refractivity contribution < 1.29 is 9.53 Å². The van der Waals surface area contributed by atoms with E-state index in [0.717, 1.165) is 12.8 Å². The second kappa shape index (κ2) is 20.2. The standard InChI is InChI=1S/C18H41P.C7H12O2/c1-5-9-13-14-18-19(15-10-6-2,16-11-7-3)17-12-8-4;8-6-9-7-4-2-1-3-5-7/h19H,5-18H2,1-4H3;6-7H,1-5H2. The molecule has 0 aromatic rings. The van der Waals surface area contributed by atoms with Crippen LogP contribution in [0.1, 0.15) is 124 Å². The first-order valence-corrected chi connectivity index (χ1v) is 15.6. The monoisotopic (exact) mass is 416 g/mol. The molecule has 1 aliphatic rings. The van der Waals surface area contributed by atoms with Crippen LogP contribution in [0.2, 0.25) is 0 Å². The largest absolute Gasteiger partial charge is 0.465 e. The van der Waals surface area contributed by atoms with Crippen molar-refractivity contribution in [2.75, 3.05) is 24.6 Å². The van der Waals surface area contributed by atoms with Crippen molar-refractivity contribution in [1.29, 1.82) is 0 Å². The van der Waals surface area contributed by atoms with Crippen LogP contribution in [0.5, 0.6) is 0 Å². The molecule has 0 unspecified atom stereocenters. The quantitative estimate of drug-likeness (QED) is 0.144. The van der Waals surface area contributed by atoms with Crippen LogP contribution < -0.4 is 0 Å². The van der Waals surface area contributed by atoms with Gasteiger partial charge in [0.15, 0.2) is 0 Å². The summed E-state index contributed by atoms with van der Waals surface area (Å²) in [6.07, 6.45) is 27.3. The molecule has 0 aromatic carbocycles. The number of carbonyl (C=O) groups excluding carboxylic acids is 1. The van der Waals surface area contributed by atoms with E-state index in [1.807, 2.05) is 0 Å². The summed E-state index contributed by atoms with van der Waals surface area (Å²) in [5, 5.41) is 0. The topological polar surface area (TPSA) is 26.3 Å². The van der Waals surface area contributed by atoms with Crippen molar-refractivity contribution in [2.24, 2.45) is 0 Å². The fourth-order valence-corrected chi connectivity index (χ4v) is 10.4. The SMILES string of the molecule is CCCCCC[PH](CCCC)(CCCC)CCCC.O=COC1CCCCC1. The van der Waals surface area contributed by atoms with E-state index in [9.17, 15) is 4.79 Å². The smallest absolute Gasteiger partial charge is 0.293 e. The average molecular weight is 417 g/mol. The summed E-state index contributed by atoms with van der Waals surface area (Å²) in [7, 11) is -0.908. The Bertz CT molecular complexity index is 305. The molecule has 0 radical (unpaired) electrons. The normalized spacial score (nSPS) is 15.6. The molecule has 0 spiro atoms. The molecular formula is C25H53O2P. The van der Waals surface area contributed by atoms with Gasteiger partial charge >= 0.3 is 124 Å². The predicted octanol–water partition coefficient (Wildman–Crippen LogP) is 8.21. The summed E-state index contributed by atoms with van der Waals surface area (Å²) in [6, 6.07) is 0. The van der Waals surface area contributed by atoms with E-state index in [0.29, 0.717) is 6.47 Å². The first-order valence-electron chi connectivity index (χ1n) is 12.8. The first-order chi connectivity index (χ1) is 13.7. The average Bonchev–Trinajstić information content (AvgIpc) is 2.73. The third-order valence-electron chi connectivity index (χ3n) is 6.54. The Hall–Kier alpha value is -0.100. The molecule has 0 bridgehead atoms. The van der Waals surface area contributed by atoms with Crippen LogP contribution in [0.4, 0.5) is 0 Å². The number of hydrogen-bond acceptors (Lipinski definition) is 2. The predicted molar refractivity (Wildman–Crippen MR) is 131 cm³/mol. The van der Waals surface area contributed by atoms with E-state index in [4.69, 9.17) is 4.74 Å². The van der Waals surface area contributed by atoms with Gasteiger partial charge < -0.3 is 4.74 Å². The van der Waals surface area contributed by atoms with Crippen LogP contribution in [-0.4, -0.2) is 37.2 Å². The Kier molecular flexibility index (Phi) is 20.1. The molecule has 2 nitrogen and oxygen atoms in total. The fraction of sp³-hybridized carbons (Fsp3) is 0.960. The first kappa shape index (κ1) is 27.9. The van der Waals surface area contributed by atoms with Crippen LogP contribution in [0, 0.1) is 0 Å². The Morgan fingerprint density at radius 3 is 1.57 bits per heavy atom. The van der Waals surface area contributed by atoms with Gasteiger partial charge in [0, 0.05) is 0 Å². The van der Waals surface area contributed by atoms with Crippen LogP contribution >= 0.6 is 7.26 Å². The number of hydrogen-bond donors (Lipinski definition) is 0. The number of carbonyl (C=O) groups is 1. The number of ether oxygens (including phenoxy) is 1. The number of unbranched alkanes of at least 4 members (excludes halogenated alkanes) is 6. The van der Waals surface area contributed by atoms with Crippen LogP contribution in [0.15, 0.2) is 0 Å². The van der Waals surface area contributed by atoms with Crippen LogP contribution in [0.3, 0.4) is 0 Å². The third-order valence-corrected chi connectivity index (χ3v) is 12.2. The van der Waals surface area contributed by atoms with E-state index < -0.39 is 7.26 Å². The molecule has 1 aliphatic carbocycles. The van der Waals surface area contributed by atoms with Crippen molar-refractivity contribution in [3.05, 3.63) is 0 Å². The van der Waals surface area contributed by atoms with E-state index in [1.54, 1.807) is 24.6 Å². The molecule has 0 amide bonds. The summed E-state index contributed by atoms with van der Waals surface area (Å²) < 4.78 is 4.80. The van der Waals surface area contributed by atoms with Gasteiger partial charge in [-0.2, -0.15) is 0 Å². The molecule has 0 heterocycles. The maximum absolute atomic E-state index is 9.85. The van der Waals surface area contributed by atoms with Gasteiger partial charge in [-0.05, 0) is 25.7 Å². The molecule has 1 rings (SSSR count). The van der Waals surface area contributed by atoms with Crippen molar-refractivity contribution in [3.8, 4) is 0 Å². The molecular weight excluding hydrogens is 363 g/mol. The Labute approximate surface area is 178 Å². The molecule has 0 saturated heterocycles.